The molecule has 0 bridgehead atoms. The van der Waals surface area contributed by atoms with Crippen LogP contribution < -0.4 is 0 Å². The van der Waals surface area contributed by atoms with Crippen molar-refractivity contribution in [1.29, 1.82) is 0 Å². The Balaban J connectivity index is 3.16. The predicted molar refractivity (Wildman–Crippen MR) is 71.7 cm³/mol. The second-order valence-corrected chi connectivity index (χ2v) is 4.20. The number of ether oxygens (including phenoxy) is 1. The van der Waals surface area contributed by atoms with Crippen molar-refractivity contribution in [3.05, 3.63) is 38.9 Å². The van der Waals surface area contributed by atoms with Crippen molar-refractivity contribution in [3.63, 3.8) is 0 Å². The van der Waals surface area contributed by atoms with Gasteiger partial charge in [-0.1, -0.05) is 17.7 Å². The van der Waals surface area contributed by atoms with Crippen molar-refractivity contribution < 1.29 is 19.2 Å². The lowest BCUT2D eigenvalue weighted by atomic mass is 10.1. The SMILES string of the molecule is CCN(CC(=O)OC)C(=O)c1cccc(Cl)c1[N+](=O)[O-]. The minimum absolute atomic E-state index is 0.130. The maximum Gasteiger partial charge on any atom is 0.325 e. The first-order valence-corrected chi connectivity index (χ1v) is 6.09. The zero-order valence-electron chi connectivity index (χ0n) is 11.0. The fourth-order valence-electron chi connectivity index (χ4n) is 1.59. The van der Waals surface area contributed by atoms with Crippen LogP contribution in [0.15, 0.2) is 18.2 Å². The van der Waals surface area contributed by atoms with Gasteiger partial charge in [0.15, 0.2) is 0 Å². The summed E-state index contributed by atoms with van der Waals surface area (Å²) in [7, 11) is 1.20. The Morgan fingerprint density at radius 2 is 2.10 bits per heavy atom. The van der Waals surface area contributed by atoms with Crippen molar-refractivity contribution in [2.24, 2.45) is 0 Å². The molecule has 1 amide bonds. The molecule has 0 spiro atoms. The van der Waals surface area contributed by atoms with Gasteiger partial charge in [0.1, 0.15) is 17.1 Å². The summed E-state index contributed by atoms with van der Waals surface area (Å²) in [5.74, 6) is -1.25. The van der Waals surface area contributed by atoms with E-state index in [0.29, 0.717) is 0 Å². The molecule has 0 fully saturated rings. The molecule has 0 aromatic heterocycles. The molecule has 0 atom stereocenters. The first-order valence-electron chi connectivity index (χ1n) is 5.71. The van der Waals surface area contributed by atoms with Gasteiger partial charge in [-0.25, -0.2) is 0 Å². The third-order valence-corrected chi connectivity index (χ3v) is 2.92. The Morgan fingerprint density at radius 1 is 1.45 bits per heavy atom. The third-order valence-electron chi connectivity index (χ3n) is 2.62. The number of benzene rings is 1. The van der Waals surface area contributed by atoms with Crippen LogP contribution in [0.4, 0.5) is 5.69 Å². The fourth-order valence-corrected chi connectivity index (χ4v) is 1.83. The average Bonchev–Trinajstić information content (AvgIpc) is 2.42. The lowest BCUT2D eigenvalue weighted by Crippen LogP contribution is -2.36. The van der Waals surface area contributed by atoms with Gasteiger partial charge < -0.3 is 9.64 Å². The quantitative estimate of drug-likeness (QED) is 0.470. The topological polar surface area (TPSA) is 89.8 Å². The van der Waals surface area contributed by atoms with Gasteiger partial charge in [-0.2, -0.15) is 0 Å². The number of nitro benzene ring substituents is 1. The molecule has 1 aromatic rings. The van der Waals surface area contributed by atoms with Crippen molar-refractivity contribution >= 4 is 29.2 Å². The normalized spacial score (nSPS) is 9.95. The molecule has 0 radical (unpaired) electrons. The third kappa shape index (κ3) is 3.45. The van der Waals surface area contributed by atoms with Crippen LogP contribution in [-0.2, 0) is 9.53 Å². The van der Waals surface area contributed by atoms with Crippen LogP contribution in [0.1, 0.15) is 17.3 Å². The number of para-hydroxylation sites is 1. The van der Waals surface area contributed by atoms with E-state index in [-0.39, 0.29) is 23.7 Å². The van der Waals surface area contributed by atoms with Crippen LogP contribution in [0.2, 0.25) is 5.02 Å². The Bertz CT molecular complexity index is 547. The first kappa shape index (κ1) is 15.9. The summed E-state index contributed by atoms with van der Waals surface area (Å²) in [5, 5.41) is 10.9. The highest BCUT2D eigenvalue weighted by atomic mass is 35.5. The van der Waals surface area contributed by atoms with Crippen LogP contribution in [0.3, 0.4) is 0 Å². The Labute approximate surface area is 120 Å². The first-order chi connectivity index (χ1) is 9.42. The molecule has 0 N–H and O–H groups in total. The summed E-state index contributed by atoms with van der Waals surface area (Å²) in [6.45, 7) is 1.57. The summed E-state index contributed by atoms with van der Waals surface area (Å²) in [6, 6.07) is 4.06. The number of methoxy groups -OCH3 is 1. The standard InChI is InChI=1S/C12H13ClN2O5/c1-3-14(7-10(16)20-2)12(17)8-5-4-6-9(13)11(8)15(18)19/h4-6H,3,7H2,1-2H3. The molecule has 108 valence electrons. The van der Waals surface area contributed by atoms with Crippen LogP contribution in [-0.4, -0.2) is 41.9 Å². The van der Waals surface area contributed by atoms with Gasteiger partial charge in [0.05, 0.1) is 12.0 Å². The molecule has 1 rings (SSSR count). The molecular weight excluding hydrogens is 288 g/mol. The fraction of sp³-hybridized carbons (Fsp3) is 0.333. The largest absolute Gasteiger partial charge is 0.468 e. The predicted octanol–water partition coefficient (Wildman–Crippen LogP) is 1.88. The molecule has 0 unspecified atom stereocenters. The molecule has 20 heavy (non-hydrogen) atoms. The second-order valence-electron chi connectivity index (χ2n) is 3.79. The van der Waals surface area contributed by atoms with E-state index in [1.54, 1.807) is 6.92 Å². The van der Waals surface area contributed by atoms with E-state index in [1.165, 1.54) is 25.3 Å². The van der Waals surface area contributed by atoms with Gasteiger partial charge >= 0.3 is 11.7 Å². The number of carbonyl (C=O) groups excluding carboxylic acids is 2. The number of hydrogen-bond donors (Lipinski definition) is 0. The summed E-state index contributed by atoms with van der Waals surface area (Å²) >= 11 is 5.75. The number of likely N-dealkylation sites (N-methyl/N-ethyl adjacent to an activating group) is 1. The van der Waals surface area contributed by atoms with Crippen LogP contribution in [0.25, 0.3) is 0 Å². The minimum Gasteiger partial charge on any atom is -0.468 e. The molecule has 0 aliphatic heterocycles. The average molecular weight is 301 g/mol. The molecule has 1 aromatic carbocycles. The summed E-state index contributed by atoms with van der Waals surface area (Å²) in [6.07, 6.45) is 0. The zero-order chi connectivity index (χ0) is 15.3. The molecule has 8 heteroatoms. The van der Waals surface area contributed by atoms with E-state index in [0.717, 1.165) is 4.90 Å². The lowest BCUT2D eigenvalue weighted by Gasteiger charge is -2.19. The molecule has 0 saturated carbocycles. The van der Waals surface area contributed by atoms with Crippen LogP contribution in [0, 0.1) is 10.1 Å². The van der Waals surface area contributed by atoms with Crippen LogP contribution in [0.5, 0.6) is 0 Å². The number of nitro groups is 1. The number of carbonyl (C=O) groups is 2. The van der Waals surface area contributed by atoms with E-state index in [4.69, 9.17) is 11.6 Å². The maximum absolute atomic E-state index is 12.3. The van der Waals surface area contributed by atoms with Gasteiger partial charge in [-0.15, -0.1) is 0 Å². The molecule has 0 aliphatic carbocycles. The Hall–Kier alpha value is -2.15. The maximum atomic E-state index is 12.3. The summed E-state index contributed by atoms with van der Waals surface area (Å²) < 4.78 is 4.48. The van der Waals surface area contributed by atoms with E-state index >= 15 is 0 Å². The summed E-state index contributed by atoms with van der Waals surface area (Å²) in [4.78, 5) is 34.9. The molecule has 0 aliphatic rings. The van der Waals surface area contributed by atoms with Crippen LogP contribution >= 0.6 is 11.6 Å². The van der Waals surface area contributed by atoms with Crippen molar-refractivity contribution in [2.45, 2.75) is 6.92 Å². The van der Waals surface area contributed by atoms with Crippen molar-refractivity contribution in [1.82, 2.24) is 4.90 Å². The van der Waals surface area contributed by atoms with E-state index in [1.807, 2.05) is 0 Å². The highest BCUT2D eigenvalue weighted by Crippen LogP contribution is 2.29. The molecule has 0 heterocycles. The summed E-state index contributed by atoms with van der Waals surface area (Å²) in [5.41, 5.74) is -0.629. The Kier molecular flexibility index (Phi) is 5.45. The van der Waals surface area contributed by atoms with Gasteiger partial charge in [-0.05, 0) is 19.1 Å². The minimum atomic E-state index is -0.721. The Morgan fingerprint density at radius 3 is 2.60 bits per heavy atom. The number of rotatable bonds is 5. The lowest BCUT2D eigenvalue weighted by molar-refractivity contribution is -0.385. The van der Waals surface area contributed by atoms with Crippen molar-refractivity contribution in [2.75, 3.05) is 20.2 Å². The van der Waals surface area contributed by atoms with Crippen molar-refractivity contribution in [3.8, 4) is 0 Å². The van der Waals surface area contributed by atoms with E-state index < -0.39 is 22.5 Å². The molecular formula is C12H13ClN2O5. The number of esters is 1. The molecule has 0 saturated heterocycles. The number of amides is 1. The van der Waals surface area contributed by atoms with Gasteiger partial charge in [-0.3, -0.25) is 19.7 Å². The van der Waals surface area contributed by atoms with Gasteiger partial charge in [0.2, 0.25) is 0 Å². The zero-order valence-corrected chi connectivity index (χ0v) is 11.7. The monoisotopic (exact) mass is 300 g/mol. The van der Waals surface area contributed by atoms with Gasteiger partial charge in [0.25, 0.3) is 5.91 Å². The number of hydrogen-bond acceptors (Lipinski definition) is 5. The van der Waals surface area contributed by atoms with E-state index in [2.05, 4.69) is 4.74 Å². The number of halogens is 1. The van der Waals surface area contributed by atoms with E-state index in [9.17, 15) is 19.7 Å². The second kappa shape index (κ2) is 6.85. The highest BCUT2D eigenvalue weighted by molar-refractivity contribution is 6.33. The highest BCUT2D eigenvalue weighted by Gasteiger charge is 2.27. The van der Waals surface area contributed by atoms with Gasteiger partial charge in [0, 0.05) is 6.54 Å². The molecule has 7 nitrogen and oxygen atoms in total. The smallest absolute Gasteiger partial charge is 0.325 e. The number of nitrogens with zero attached hydrogens (tertiary/aromatic N) is 2.